The fourth-order valence-corrected chi connectivity index (χ4v) is 1.59. The average molecular weight is 206 g/mol. The van der Waals surface area contributed by atoms with E-state index in [9.17, 15) is 0 Å². The normalized spacial score (nSPS) is 9.38. The van der Waals surface area contributed by atoms with E-state index in [0.717, 1.165) is 11.1 Å². The molecule has 0 fully saturated rings. The van der Waals surface area contributed by atoms with E-state index in [1.165, 1.54) is 11.1 Å². The Bertz CT molecular complexity index is 504. The summed E-state index contributed by atoms with van der Waals surface area (Å²) in [6.07, 6.45) is 0. The second-order valence-electron chi connectivity index (χ2n) is 3.99. The van der Waals surface area contributed by atoms with Crippen molar-refractivity contribution in [3.8, 4) is 11.8 Å². The lowest BCUT2D eigenvalue weighted by atomic mass is 10.1. The van der Waals surface area contributed by atoms with Crippen LogP contribution in [0.3, 0.4) is 0 Å². The lowest BCUT2D eigenvalue weighted by Crippen LogP contribution is -1.78. The third kappa shape index (κ3) is 2.74. The first-order chi connectivity index (χ1) is 7.74. The van der Waals surface area contributed by atoms with Crippen LogP contribution < -0.4 is 0 Å². The Labute approximate surface area is 96.9 Å². The maximum Gasteiger partial charge on any atom is 0.0251 e. The third-order valence-corrected chi connectivity index (χ3v) is 2.39. The van der Waals surface area contributed by atoms with Crippen LogP contribution in [-0.4, -0.2) is 0 Å². The van der Waals surface area contributed by atoms with Crippen LogP contribution in [0.5, 0.6) is 0 Å². The van der Waals surface area contributed by atoms with Crippen molar-refractivity contribution in [2.45, 2.75) is 13.8 Å². The van der Waals surface area contributed by atoms with E-state index >= 15 is 0 Å². The van der Waals surface area contributed by atoms with Gasteiger partial charge in [-0.2, -0.15) is 0 Å². The van der Waals surface area contributed by atoms with E-state index in [4.69, 9.17) is 0 Å². The molecule has 0 heterocycles. The molecular formula is C16H14. The maximum absolute atomic E-state index is 3.18. The van der Waals surface area contributed by atoms with E-state index in [2.05, 4.69) is 50.0 Å². The van der Waals surface area contributed by atoms with Crippen LogP contribution in [0.25, 0.3) is 0 Å². The fraction of sp³-hybridized carbons (Fsp3) is 0.125. The molecular weight excluding hydrogens is 192 g/mol. The van der Waals surface area contributed by atoms with Crippen LogP contribution in [0.2, 0.25) is 0 Å². The van der Waals surface area contributed by atoms with Crippen LogP contribution in [-0.2, 0) is 0 Å². The highest BCUT2D eigenvalue weighted by atomic mass is 13.9. The Morgan fingerprint density at radius 2 is 1.12 bits per heavy atom. The summed E-state index contributed by atoms with van der Waals surface area (Å²) in [5.41, 5.74) is 4.63. The SMILES string of the molecule is Cc1cccc(C#Cc2cccc(C)c2)c1. The Morgan fingerprint density at radius 1 is 0.688 bits per heavy atom. The third-order valence-electron chi connectivity index (χ3n) is 2.39. The molecule has 0 spiro atoms. The van der Waals surface area contributed by atoms with Gasteiger partial charge in [0, 0.05) is 11.1 Å². The zero-order chi connectivity index (χ0) is 11.4. The standard InChI is InChI=1S/C16H14/c1-13-5-3-7-15(11-13)9-10-16-8-4-6-14(2)12-16/h3-8,11-12H,1-2H3. The first kappa shape index (κ1) is 10.5. The molecule has 0 unspecified atom stereocenters. The summed E-state index contributed by atoms with van der Waals surface area (Å²) >= 11 is 0. The number of rotatable bonds is 0. The molecule has 2 aromatic rings. The van der Waals surface area contributed by atoms with Gasteiger partial charge in [-0.1, -0.05) is 36.1 Å². The Morgan fingerprint density at radius 3 is 1.50 bits per heavy atom. The van der Waals surface area contributed by atoms with E-state index < -0.39 is 0 Å². The van der Waals surface area contributed by atoms with Crippen molar-refractivity contribution < 1.29 is 0 Å². The van der Waals surface area contributed by atoms with Crippen LogP contribution in [0.4, 0.5) is 0 Å². The first-order valence-corrected chi connectivity index (χ1v) is 5.39. The molecule has 0 aliphatic carbocycles. The molecule has 0 saturated carbocycles. The molecule has 16 heavy (non-hydrogen) atoms. The molecule has 0 N–H and O–H groups in total. The zero-order valence-electron chi connectivity index (χ0n) is 9.62. The predicted octanol–water partition coefficient (Wildman–Crippen LogP) is 3.70. The predicted molar refractivity (Wildman–Crippen MR) is 68.3 cm³/mol. The van der Waals surface area contributed by atoms with E-state index in [-0.39, 0.29) is 0 Å². The highest BCUT2D eigenvalue weighted by Gasteiger charge is 1.89. The molecule has 78 valence electrons. The van der Waals surface area contributed by atoms with Crippen LogP contribution in [0.1, 0.15) is 22.3 Å². The Hall–Kier alpha value is -2.00. The van der Waals surface area contributed by atoms with Crippen molar-refractivity contribution >= 4 is 0 Å². The molecule has 0 heteroatoms. The van der Waals surface area contributed by atoms with E-state index in [1.807, 2.05) is 24.3 Å². The fourth-order valence-electron chi connectivity index (χ4n) is 1.59. The molecule has 0 radical (unpaired) electrons. The van der Waals surface area contributed by atoms with Gasteiger partial charge in [0.1, 0.15) is 0 Å². The maximum atomic E-state index is 3.18. The summed E-state index contributed by atoms with van der Waals surface area (Å²) in [7, 11) is 0. The highest BCUT2D eigenvalue weighted by molar-refractivity contribution is 5.44. The summed E-state index contributed by atoms with van der Waals surface area (Å²) in [5.74, 6) is 6.36. The molecule has 0 aromatic heterocycles. The number of aryl methyl sites for hydroxylation is 2. The van der Waals surface area contributed by atoms with Crippen molar-refractivity contribution in [2.75, 3.05) is 0 Å². The molecule has 0 aliphatic rings. The second-order valence-corrected chi connectivity index (χ2v) is 3.99. The molecule has 2 rings (SSSR count). The molecule has 0 atom stereocenters. The monoisotopic (exact) mass is 206 g/mol. The summed E-state index contributed by atoms with van der Waals surface area (Å²) in [5, 5.41) is 0. The van der Waals surface area contributed by atoms with Gasteiger partial charge in [0.2, 0.25) is 0 Å². The van der Waals surface area contributed by atoms with Gasteiger partial charge in [-0.25, -0.2) is 0 Å². The van der Waals surface area contributed by atoms with Gasteiger partial charge in [0.15, 0.2) is 0 Å². The number of benzene rings is 2. The summed E-state index contributed by atoms with van der Waals surface area (Å²) in [6, 6.07) is 16.5. The topological polar surface area (TPSA) is 0 Å². The molecule has 2 aromatic carbocycles. The first-order valence-electron chi connectivity index (χ1n) is 5.39. The smallest absolute Gasteiger partial charge is 0.0251 e. The minimum Gasteiger partial charge on any atom is -0.0616 e. The summed E-state index contributed by atoms with van der Waals surface area (Å²) < 4.78 is 0. The molecule has 0 amide bonds. The molecule has 0 bridgehead atoms. The molecule has 0 nitrogen and oxygen atoms in total. The van der Waals surface area contributed by atoms with Gasteiger partial charge in [0.05, 0.1) is 0 Å². The van der Waals surface area contributed by atoms with Crippen molar-refractivity contribution in [3.05, 3.63) is 70.8 Å². The van der Waals surface area contributed by atoms with Gasteiger partial charge < -0.3 is 0 Å². The quantitative estimate of drug-likeness (QED) is 0.576. The van der Waals surface area contributed by atoms with Crippen LogP contribution in [0.15, 0.2) is 48.5 Å². The Kier molecular flexibility index (Phi) is 3.08. The van der Waals surface area contributed by atoms with Gasteiger partial charge >= 0.3 is 0 Å². The van der Waals surface area contributed by atoms with E-state index in [1.54, 1.807) is 0 Å². The summed E-state index contributed by atoms with van der Waals surface area (Å²) in [4.78, 5) is 0. The largest absolute Gasteiger partial charge is 0.0616 e. The zero-order valence-corrected chi connectivity index (χ0v) is 9.62. The van der Waals surface area contributed by atoms with Gasteiger partial charge in [-0.3, -0.25) is 0 Å². The van der Waals surface area contributed by atoms with Crippen LogP contribution >= 0.6 is 0 Å². The van der Waals surface area contributed by atoms with Crippen molar-refractivity contribution in [1.82, 2.24) is 0 Å². The van der Waals surface area contributed by atoms with Crippen molar-refractivity contribution in [2.24, 2.45) is 0 Å². The average Bonchev–Trinajstić information content (AvgIpc) is 2.27. The lowest BCUT2D eigenvalue weighted by Gasteiger charge is -1.94. The summed E-state index contributed by atoms with van der Waals surface area (Å²) in [6.45, 7) is 4.16. The van der Waals surface area contributed by atoms with Gasteiger partial charge in [-0.15, -0.1) is 0 Å². The van der Waals surface area contributed by atoms with Gasteiger partial charge in [0.25, 0.3) is 0 Å². The molecule has 0 saturated heterocycles. The van der Waals surface area contributed by atoms with E-state index in [0.29, 0.717) is 0 Å². The van der Waals surface area contributed by atoms with Gasteiger partial charge in [-0.05, 0) is 49.2 Å². The molecule has 0 aliphatic heterocycles. The highest BCUT2D eigenvalue weighted by Crippen LogP contribution is 2.04. The number of hydrogen-bond donors (Lipinski definition) is 0. The minimum atomic E-state index is 1.07. The minimum absolute atomic E-state index is 1.07. The lowest BCUT2D eigenvalue weighted by molar-refractivity contribution is 1.45. The van der Waals surface area contributed by atoms with Crippen molar-refractivity contribution in [3.63, 3.8) is 0 Å². The second kappa shape index (κ2) is 4.68. The van der Waals surface area contributed by atoms with Crippen LogP contribution in [0, 0.1) is 25.7 Å². The van der Waals surface area contributed by atoms with Crippen molar-refractivity contribution in [1.29, 1.82) is 0 Å². The number of hydrogen-bond acceptors (Lipinski definition) is 0. The Balaban J connectivity index is 2.28.